The van der Waals surface area contributed by atoms with Crippen LogP contribution in [0.2, 0.25) is 0 Å². The molecule has 0 radical (unpaired) electrons. The van der Waals surface area contributed by atoms with E-state index in [0.29, 0.717) is 0 Å². The van der Waals surface area contributed by atoms with Crippen molar-refractivity contribution in [3.63, 3.8) is 0 Å². The first-order valence-electron chi connectivity index (χ1n) is 8.32. The first-order chi connectivity index (χ1) is 8.85. The van der Waals surface area contributed by atoms with E-state index in [9.17, 15) is 0 Å². The number of hydrogen-bond acceptors (Lipinski definition) is 2. The second kappa shape index (κ2) is 7.49. The molecule has 0 aromatic heterocycles. The monoisotopic (exact) mass is 252 g/mol. The van der Waals surface area contributed by atoms with Gasteiger partial charge in [0.15, 0.2) is 0 Å². The number of rotatable bonds is 8. The quantitative estimate of drug-likeness (QED) is 0.666. The second-order valence-electron chi connectivity index (χ2n) is 6.35. The van der Waals surface area contributed by atoms with Crippen molar-refractivity contribution in [1.29, 1.82) is 0 Å². The average molecular weight is 252 g/mol. The minimum Gasteiger partial charge on any atom is -0.311 e. The molecule has 1 N–H and O–H groups in total. The fraction of sp³-hybridized carbons (Fsp3) is 1.00. The normalized spacial score (nSPS) is 29.7. The predicted octanol–water partition coefficient (Wildman–Crippen LogP) is 3.42. The summed E-state index contributed by atoms with van der Waals surface area (Å²) in [5, 5.41) is 3.81. The largest absolute Gasteiger partial charge is 0.311 e. The lowest BCUT2D eigenvalue weighted by atomic mass is 10.0. The summed E-state index contributed by atoms with van der Waals surface area (Å²) in [7, 11) is 0. The van der Waals surface area contributed by atoms with Crippen molar-refractivity contribution >= 4 is 0 Å². The van der Waals surface area contributed by atoms with Crippen molar-refractivity contribution in [3.8, 4) is 0 Å². The predicted molar refractivity (Wildman–Crippen MR) is 78.9 cm³/mol. The fourth-order valence-electron chi connectivity index (χ4n) is 3.33. The van der Waals surface area contributed by atoms with E-state index in [1.165, 1.54) is 71.0 Å². The van der Waals surface area contributed by atoms with Gasteiger partial charge in [-0.25, -0.2) is 0 Å². The molecule has 18 heavy (non-hydrogen) atoms. The van der Waals surface area contributed by atoms with Gasteiger partial charge in [-0.05, 0) is 38.1 Å². The molecule has 0 aromatic carbocycles. The zero-order valence-electron chi connectivity index (χ0n) is 12.5. The molecule has 1 saturated heterocycles. The molecule has 1 aliphatic heterocycles. The molecule has 0 aromatic rings. The van der Waals surface area contributed by atoms with Crippen LogP contribution in [0.1, 0.15) is 65.2 Å². The van der Waals surface area contributed by atoms with Crippen molar-refractivity contribution < 1.29 is 0 Å². The van der Waals surface area contributed by atoms with Crippen molar-refractivity contribution in [2.75, 3.05) is 19.6 Å². The van der Waals surface area contributed by atoms with Gasteiger partial charge in [-0.1, -0.05) is 39.5 Å². The maximum atomic E-state index is 3.81. The Labute approximate surface area is 114 Å². The van der Waals surface area contributed by atoms with Gasteiger partial charge in [0.25, 0.3) is 0 Å². The maximum Gasteiger partial charge on any atom is 0.0224 e. The summed E-state index contributed by atoms with van der Waals surface area (Å²) in [6.45, 7) is 8.52. The van der Waals surface area contributed by atoms with Crippen molar-refractivity contribution in [2.24, 2.45) is 5.92 Å². The van der Waals surface area contributed by atoms with Gasteiger partial charge in [0.1, 0.15) is 0 Å². The van der Waals surface area contributed by atoms with Crippen molar-refractivity contribution in [2.45, 2.75) is 77.3 Å². The van der Waals surface area contributed by atoms with Gasteiger partial charge < -0.3 is 5.32 Å². The van der Waals surface area contributed by atoms with Crippen molar-refractivity contribution in [1.82, 2.24) is 10.2 Å². The molecule has 2 unspecified atom stereocenters. The maximum absolute atomic E-state index is 3.81. The highest BCUT2D eigenvalue weighted by atomic mass is 15.2. The molecule has 0 amide bonds. The molecule has 2 nitrogen and oxygen atoms in total. The number of hydrogen-bond donors (Lipinski definition) is 1. The first-order valence-corrected chi connectivity index (χ1v) is 8.32. The summed E-state index contributed by atoms with van der Waals surface area (Å²) in [4.78, 5) is 2.80. The van der Waals surface area contributed by atoms with E-state index >= 15 is 0 Å². The lowest BCUT2D eigenvalue weighted by molar-refractivity contribution is 0.113. The van der Waals surface area contributed by atoms with Gasteiger partial charge in [0.2, 0.25) is 0 Å². The molecule has 2 aliphatic rings. The third-order valence-electron chi connectivity index (χ3n) is 4.68. The highest BCUT2D eigenvalue weighted by molar-refractivity contribution is 4.94. The van der Waals surface area contributed by atoms with E-state index in [1.807, 2.05) is 0 Å². The van der Waals surface area contributed by atoms with Gasteiger partial charge in [-0.15, -0.1) is 0 Å². The molecular weight excluding hydrogens is 220 g/mol. The molecule has 2 rings (SSSR count). The van der Waals surface area contributed by atoms with E-state index in [2.05, 4.69) is 24.1 Å². The number of nitrogens with one attached hydrogen (secondary N) is 1. The number of unbranched alkanes of at least 4 members (excludes halogenated alkanes) is 3. The third-order valence-corrected chi connectivity index (χ3v) is 4.68. The lowest BCUT2D eigenvalue weighted by Crippen LogP contribution is -2.57. The Kier molecular flexibility index (Phi) is 5.97. The van der Waals surface area contributed by atoms with Crippen LogP contribution in [0.5, 0.6) is 0 Å². The van der Waals surface area contributed by atoms with Gasteiger partial charge in [0, 0.05) is 25.2 Å². The Balaban J connectivity index is 1.75. The lowest BCUT2D eigenvalue weighted by Gasteiger charge is -2.41. The minimum absolute atomic E-state index is 0.810. The molecule has 1 saturated carbocycles. The minimum atomic E-state index is 0.810. The molecule has 0 spiro atoms. The van der Waals surface area contributed by atoms with Gasteiger partial charge in [-0.2, -0.15) is 0 Å². The van der Waals surface area contributed by atoms with Crippen LogP contribution in [0.4, 0.5) is 0 Å². The van der Waals surface area contributed by atoms with Crippen LogP contribution in [-0.4, -0.2) is 36.6 Å². The van der Waals surface area contributed by atoms with E-state index < -0.39 is 0 Å². The second-order valence-corrected chi connectivity index (χ2v) is 6.35. The van der Waals surface area contributed by atoms with Crippen molar-refractivity contribution in [3.05, 3.63) is 0 Å². The summed E-state index contributed by atoms with van der Waals surface area (Å²) in [6.07, 6.45) is 11.2. The summed E-state index contributed by atoms with van der Waals surface area (Å²) >= 11 is 0. The first kappa shape index (κ1) is 14.3. The van der Waals surface area contributed by atoms with Gasteiger partial charge >= 0.3 is 0 Å². The SMILES string of the molecule is CCCCCCN1CC(C2CC2)NCC1CCC. The molecule has 2 atom stereocenters. The highest BCUT2D eigenvalue weighted by Gasteiger charge is 2.36. The third kappa shape index (κ3) is 4.24. The Morgan fingerprint density at radius 1 is 1.06 bits per heavy atom. The smallest absolute Gasteiger partial charge is 0.0224 e. The van der Waals surface area contributed by atoms with Crippen LogP contribution in [0.3, 0.4) is 0 Å². The molecular formula is C16H32N2. The molecule has 2 fully saturated rings. The Morgan fingerprint density at radius 3 is 2.56 bits per heavy atom. The topological polar surface area (TPSA) is 15.3 Å². The number of piperazine rings is 1. The van der Waals surface area contributed by atoms with Crippen LogP contribution in [-0.2, 0) is 0 Å². The summed E-state index contributed by atoms with van der Waals surface area (Å²) in [5.74, 6) is 1.01. The molecule has 106 valence electrons. The van der Waals surface area contributed by atoms with Crippen LogP contribution >= 0.6 is 0 Å². The average Bonchev–Trinajstić information content (AvgIpc) is 3.21. The Hall–Kier alpha value is -0.0800. The van der Waals surface area contributed by atoms with Crippen LogP contribution in [0.15, 0.2) is 0 Å². The molecule has 1 heterocycles. The number of nitrogens with zero attached hydrogens (tertiary/aromatic N) is 1. The molecule has 0 bridgehead atoms. The standard InChI is InChI=1S/C16H32N2/c1-3-5-6-7-11-18-13-16(14-9-10-14)17-12-15(18)8-4-2/h14-17H,3-13H2,1-2H3. The summed E-state index contributed by atoms with van der Waals surface area (Å²) in [5.41, 5.74) is 0. The zero-order valence-corrected chi connectivity index (χ0v) is 12.5. The Bertz CT molecular complexity index is 225. The summed E-state index contributed by atoms with van der Waals surface area (Å²) in [6, 6.07) is 1.62. The molecule has 2 heteroatoms. The van der Waals surface area contributed by atoms with E-state index in [-0.39, 0.29) is 0 Å². The van der Waals surface area contributed by atoms with E-state index in [1.54, 1.807) is 0 Å². The van der Waals surface area contributed by atoms with Gasteiger partial charge in [-0.3, -0.25) is 4.90 Å². The molecule has 1 aliphatic carbocycles. The highest BCUT2D eigenvalue weighted by Crippen LogP contribution is 2.34. The fourth-order valence-corrected chi connectivity index (χ4v) is 3.33. The van der Waals surface area contributed by atoms with Crippen LogP contribution in [0, 0.1) is 5.92 Å². The van der Waals surface area contributed by atoms with Gasteiger partial charge in [0.05, 0.1) is 0 Å². The van der Waals surface area contributed by atoms with E-state index in [4.69, 9.17) is 0 Å². The van der Waals surface area contributed by atoms with Crippen LogP contribution < -0.4 is 5.32 Å². The van der Waals surface area contributed by atoms with E-state index in [0.717, 1.165) is 18.0 Å². The van der Waals surface area contributed by atoms with Crippen LogP contribution in [0.25, 0.3) is 0 Å². The zero-order chi connectivity index (χ0) is 12.8. The summed E-state index contributed by atoms with van der Waals surface area (Å²) < 4.78 is 0. The Morgan fingerprint density at radius 2 is 1.89 bits per heavy atom.